The van der Waals surface area contributed by atoms with Gasteiger partial charge in [-0.2, -0.15) is 0 Å². The summed E-state index contributed by atoms with van der Waals surface area (Å²) in [5.41, 5.74) is 0. The van der Waals surface area contributed by atoms with Gasteiger partial charge >= 0.3 is 5.97 Å². The number of aliphatic carboxylic acids is 1. The van der Waals surface area contributed by atoms with E-state index in [1.54, 1.807) is 0 Å². The molecular formula is C3H6O3. The highest BCUT2D eigenvalue weighted by molar-refractivity contribution is 5.67. The summed E-state index contributed by atoms with van der Waals surface area (Å²) in [5, 5.41) is 7.78. The molecule has 2 N–H and O–H groups in total. The molecule has 0 aromatic rings. The van der Waals surface area contributed by atoms with E-state index >= 15 is 0 Å². The fourth-order valence-electron chi connectivity index (χ4n) is 0.0956. The summed E-state index contributed by atoms with van der Waals surface area (Å²) in [6.07, 6.45) is 0. The van der Waals surface area contributed by atoms with Crippen molar-refractivity contribution >= 4 is 5.97 Å². The Bertz CT molecular complexity index is 50.0. The van der Waals surface area contributed by atoms with E-state index in [0.29, 0.717) is 0 Å². The van der Waals surface area contributed by atoms with Crippen LogP contribution in [0.1, 0.15) is 0 Å². The van der Waals surface area contributed by atoms with E-state index in [9.17, 15) is 4.79 Å². The van der Waals surface area contributed by atoms with E-state index in [1.807, 2.05) is 0 Å². The van der Waals surface area contributed by atoms with Crippen LogP contribution >= 0.6 is 0 Å². The number of hydrogen-bond acceptors (Lipinski definition) is 1. The molecule has 0 aromatic heterocycles. The van der Waals surface area contributed by atoms with Gasteiger partial charge in [-0.15, -0.1) is 0 Å². The Balaban J connectivity index is 2.83. The van der Waals surface area contributed by atoms with Crippen molar-refractivity contribution in [3.63, 3.8) is 0 Å². The molecule has 6 heavy (non-hydrogen) atoms. The number of carboxylic acid groups (broad SMARTS) is 1. The quantitative estimate of drug-likeness (QED) is 0.363. The van der Waals surface area contributed by atoms with E-state index < -0.39 is 5.97 Å². The molecule has 3 nitrogen and oxygen atoms in total. The van der Waals surface area contributed by atoms with Crippen LogP contribution < -0.4 is 0 Å². The van der Waals surface area contributed by atoms with Crippen molar-refractivity contribution in [3.8, 4) is 0 Å². The molecule has 0 atom stereocenters. The number of ether oxygens (including phenoxy) is 1. The molecule has 0 spiro atoms. The summed E-state index contributed by atoms with van der Waals surface area (Å²) >= 11 is 0. The third-order valence-electron chi connectivity index (χ3n) is 0.247. The van der Waals surface area contributed by atoms with Crippen LogP contribution in [-0.4, -0.2) is 22.4 Å². The van der Waals surface area contributed by atoms with Gasteiger partial charge in [0.15, 0.2) is 0 Å². The predicted octanol–water partition coefficient (Wildman–Crippen LogP) is -0.609. The first-order valence-electron chi connectivity index (χ1n) is 1.41. The van der Waals surface area contributed by atoms with Gasteiger partial charge in [-0.25, -0.2) is 4.79 Å². The van der Waals surface area contributed by atoms with Gasteiger partial charge in [-0.05, 0) is 0 Å². The summed E-state index contributed by atoms with van der Waals surface area (Å²) in [4.78, 5) is 9.47. The maximum absolute atomic E-state index is 9.47. The third-order valence-corrected chi connectivity index (χ3v) is 0.247. The zero-order valence-electron chi connectivity index (χ0n) is 3.22. The van der Waals surface area contributed by atoms with Crippen molar-refractivity contribution in [2.45, 2.75) is 0 Å². The number of carbonyl (C=O) groups is 1. The number of hydrogen-bond donors (Lipinski definition) is 1. The smallest absolute Gasteiger partial charge is 0.378 e. The van der Waals surface area contributed by atoms with Gasteiger partial charge < -0.3 is 9.84 Å². The highest BCUT2D eigenvalue weighted by Gasteiger charge is 1.90. The van der Waals surface area contributed by atoms with E-state index in [0.717, 1.165) is 0 Å². The summed E-state index contributed by atoms with van der Waals surface area (Å²) in [6.45, 7) is -0.194. The molecular weight excluding hydrogens is 84.0 g/mol. The standard InChI is InChI=1S/C3H6O3/c1-6-2-3(4)5/h6H,1-2H2,(H,4,5). The van der Waals surface area contributed by atoms with E-state index in [4.69, 9.17) is 5.11 Å². The van der Waals surface area contributed by atoms with Crippen molar-refractivity contribution in [2.24, 2.45) is 0 Å². The second-order valence-corrected chi connectivity index (χ2v) is 0.775. The molecule has 0 amide bonds. The molecule has 0 heterocycles. The normalized spacial score (nSPS) is 8.17. The van der Waals surface area contributed by atoms with Crippen LogP contribution in [-0.2, 0) is 4.79 Å². The molecule has 0 aliphatic carbocycles. The van der Waals surface area contributed by atoms with Gasteiger partial charge in [-0.1, -0.05) is 7.11 Å². The van der Waals surface area contributed by atoms with Crippen molar-refractivity contribution in [1.29, 1.82) is 0 Å². The van der Waals surface area contributed by atoms with Gasteiger partial charge in [0, 0.05) is 0 Å². The largest absolute Gasteiger partial charge is 0.573 e. The zero-order chi connectivity index (χ0) is 4.99. The van der Waals surface area contributed by atoms with Crippen LogP contribution in [0.4, 0.5) is 0 Å². The highest BCUT2D eigenvalue weighted by atomic mass is 16.5. The maximum Gasteiger partial charge on any atom is 0.378 e. The van der Waals surface area contributed by atoms with Crippen molar-refractivity contribution in [3.05, 3.63) is 7.11 Å². The van der Waals surface area contributed by atoms with Crippen molar-refractivity contribution in [2.75, 3.05) is 6.61 Å². The molecule has 0 aliphatic heterocycles. The van der Waals surface area contributed by atoms with Crippen LogP contribution in [0.3, 0.4) is 0 Å². The van der Waals surface area contributed by atoms with E-state index in [1.165, 1.54) is 0 Å². The minimum Gasteiger partial charge on any atom is -0.573 e. The summed E-state index contributed by atoms with van der Waals surface area (Å²) in [6, 6.07) is 0. The Hall–Kier alpha value is -0.570. The fraction of sp³-hybridized carbons (Fsp3) is 0.333. The molecule has 0 aliphatic rings. The van der Waals surface area contributed by atoms with Crippen molar-refractivity contribution < 1.29 is 14.6 Å². The lowest BCUT2D eigenvalue weighted by Crippen LogP contribution is -2.05. The Kier molecular flexibility index (Phi) is 2.40. The Morgan fingerprint density at radius 3 is 2.50 bits per heavy atom. The maximum atomic E-state index is 9.47. The highest BCUT2D eigenvalue weighted by Crippen LogP contribution is 1.59. The summed E-state index contributed by atoms with van der Waals surface area (Å²) in [5.74, 6) is -0.940. The predicted molar refractivity (Wildman–Crippen MR) is 20.1 cm³/mol. The fourth-order valence-corrected chi connectivity index (χ4v) is 0.0956. The van der Waals surface area contributed by atoms with Crippen LogP contribution in [0.2, 0.25) is 0 Å². The van der Waals surface area contributed by atoms with Crippen molar-refractivity contribution in [1.82, 2.24) is 0 Å². The average Bonchev–Trinajstić information content (AvgIpc) is 1.35. The average molecular weight is 90.1 g/mol. The van der Waals surface area contributed by atoms with Crippen LogP contribution in [0.5, 0.6) is 0 Å². The Labute approximate surface area is 35.5 Å². The molecule has 0 bridgehead atoms. The lowest BCUT2D eigenvalue weighted by Gasteiger charge is -1.89. The summed E-state index contributed by atoms with van der Waals surface area (Å²) in [7, 11) is 2.97. The number of aliphatic hydroxyl groups is 2. The molecule has 0 rings (SSSR count). The summed E-state index contributed by atoms with van der Waals surface area (Å²) < 4.78 is 3.09. The first-order chi connectivity index (χ1) is 2.77. The first-order valence-corrected chi connectivity index (χ1v) is 1.41. The lowest BCUT2D eigenvalue weighted by atomic mass is 10.8. The molecule has 0 saturated heterocycles. The Morgan fingerprint density at radius 1 is 2.00 bits per heavy atom. The number of rotatable bonds is 2. The van der Waals surface area contributed by atoms with Gasteiger partial charge in [0.1, 0.15) is 0 Å². The van der Waals surface area contributed by atoms with Gasteiger partial charge in [-0.3, -0.25) is 0 Å². The molecule has 36 valence electrons. The second-order valence-electron chi connectivity index (χ2n) is 0.775. The molecule has 0 fully saturated rings. The topological polar surface area (TPSA) is 50.1 Å². The van der Waals surface area contributed by atoms with Crippen LogP contribution in [0.15, 0.2) is 0 Å². The van der Waals surface area contributed by atoms with Gasteiger partial charge in [0.2, 0.25) is 6.61 Å². The van der Waals surface area contributed by atoms with Gasteiger partial charge in [0.25, 0.3) is 0 Å². The molecule has 0 radical (unpaired) electrons. The SMILES string of the molecule is [CH2-][OH+]CC(=O)O. The first kappa shape index (κ1) is 5.43. The van der Waals surface area contributed by atoms with Crippen LogP contribution in [0, 0.1) is 7.11 Å². The second kappa shape index (κ2) is 2.66. The van der Waals surface area contributed by atoms with E-state index in [2.05, 4.69) is 11.8 Å². The van der Waals surface area contributed by atoms with Gasteiger partial charge in [0.05, 0.1) is 0 Å². The Morgan fingerprint density at radius 2 is 2.50 bits per heavy atom. The third kappa shape index (κ3) is 3.43. The monoisotopic (exact) mass is 90.0 g/mol. The van der Waals surface area contributed by atoms with Crippen LogP contribution in [0.25, 0.3) is 0 Å². The van der Waals surface area contributed by atoms with E-state index in [-0.39, 0.29) is 6.61 Å². The zero-order valence-corrected chi connectivity index (χ0v) is 3.22. The molecule has 0 saturated carbocycles. The molecule has 0 unspecified atom stereocenters. The minimum atomic E-state index is -0.940. The molecule has 0 aromatic carbocycles. The lowest BCUT2D eigenvalue weighted by molar-refractivity contribution is -0.146. The minimum absolute atomic E-state index is 0.194. The molecule has 3 heteroatoms. The number of carboxylic acids is 1.